The van der Waals surface area contributed by atoms with Crippen molar-refractivity contribution in [3.63, 3.8) is 0 Å². The second kappa shape index (κ2) is 6.13. The number of esters is 2. The number of carbonyl (C=O) groups excluding carboxylic acids is 2. The first-order chi connectivity index (χ1) is 13.1. The summed E-state index contributed by atoms with van der Waals surface area (Å²) >= 11 is 0. The van der Waals surface area contributed by atoms with Crippen molar-refractivity contribution >= 4 is 11.9 Å². The van der Waals surface area contributed by atoms with E-state index in [9.17, 15) is 19.8 Å². The first-order valence-electron chi connectivity index (χ1n) is 10.0. The molecule has 152 valence electrons. The summed E-state index contributed by atoms with van der Waals surface area (Å²) in [6.45, 7) is 7.62. The van der Waals surface area contributed by atoms with Crippen molar-refractivity contribution in [2.24, 2.45) is 11.3 Å². The Bertz CT molecular complexity index is 857. The van der Waals surface area contributed by atoms with Crippen molar-refractivity contribution in [3.05, 3.63) is 22.8 Å². The van der Waals surface area contributed by atoms with Gasteiger partial charge in [-0.3, -0.25) is 9.59 Å². The maximum absolute atomic E-state index is 13.0. The molecule has 5 rings (SSSR count). The van der Waals surface area contributed by atoms with Crippen LogP contribution in [0.2, 0.25) is 0 Å². The number of carbonyl (C=O) groups is 2. The topological polar surface area (TPSA) is 93.1 Å². The van der Waals surface area contributed by atoms with Crippen LogP contribution in [-0.4, -0.2) is 28.8 Å². The van der Waals surface area contributed by atoms with Crippen LogP contribution in [0.3, 0.4) is 0 Å². The third kappa shape index (κ3) is 2.46. The van der Waals surface area contributed by atoms with Crippen LogP contribution in [0.15, 0.2) is 6.07 Å². The van der Waals surface area contributed by atoms with Crippen LogP contribution in [0.4, 0.5) is 0 Å². The molecule has 2 N–H and O–H groups in total. The lowest BCUT2D eigenvalue weighted by molar-refractivity contribution is -0.185. The fourth-order valence-electron chi connectivity index (χ4n) is 5.82. The molecule has 0 amide bonds. The molecular formula is C22H28O6. The predicted octanol–water partition coefficient (Wildman–Crippen LogP) is 3.83. The van der Waals surface area contributed by atoms with Gasteiger partial charge in [-0.25, -0.2) is 0 Å². The number of rotatable bonds is 3. The SMILES string of the molecule is CC(=O)OC[C@@H](C)c1cc2c(c(O)c1O)[C@@]13CCCC(C)(C)[C@@H]1C[C@@H]2OC3=O. The summed E-state index contributed by atoms with van der Waals surface area (Å²) in [4.78, 5) is 24.2. The number of fused-ring (bicyclic) bond motifs is 1. The van der Waals surface area contributed by atoms with Gasteiger partial charge in [0.15, 0.2) is 11.5 Å². The molecule has 2 heterocycles. The van der Waals surface area contributed by atoms with E-state index in [1.807, 2.05) is 13.0 Å². The average Bonchev–Trinajstić information content (AvgIpc) is 2.62. The minimum absolute atomic E-state index is 0.0447. The molecule has 2 aliphatic carbocycles. The van der Waals surface area contributed by atoms with Gasteiger partial charge in [0.05, 0.1) is 6.61 Å². The van der Waals surface area contributed by atoms with E-state index in [4.69, 9.17) is 9.47 Å². The standard InChI is InChI=1S/C22H28O6/c1-11(10-27-12(2)23)13-8-14-15-9-16-21(3,4)6-5-7-22(16,20(26)28-15)17(14)19(25)18(13)24/h8,11,15-16,24-25H,5-7,9-10H2,1-4H3/t11-,15+,16+,22-/m1/s1. The predicted molar refractivity (Wildman–Crippen MR) is 101 cm³/mol. The molecule has 6 heteroatoms. The number of aromatic hydroxyl groups is 2. The molecule has 1 aromatic carbocycles. The Morgan fingerprint density at radius 1 is 1.32 bits per heavy atom. The molecule has 1 saturated carbocycles. The Morgan fingerprint density at radius 3 is 2.71 bits per heavy atom. The van der Waals surface area contributed by atoms with Crippen molar-refractivity contribution in [3.8, 4) is 11.5 Å². The van der Waals surface area contributed by atoms with Gasteiger partial charge in [0, 0.05) is 29.5 Å². The van der Waals surface area contributed by atoms with E-state index in [-0.39, 0.29) is 41.3 Å². The van der Waals surface area contributed by atoms with Crippen molar-refractivity contribution in [1.29, 1.82) is 0 Å². The van der Waals surface area contributed by atoms with Crippen molar-refractivity contribution in [2.75, 3.05) is 6.61 Å². The first-order valence-corrected chi connectivity index (χ1v) is 10.0. The highest BCUT2D eigenvalue weighted by molar-refractivity contribution is 5.89. The van der Waals surface area contributed by atoms with E-state index in [2.05, 4.69) is 13.8 Å². The highest BCUT2D eigenvalue weighted by Gasteiger charge is 2.65. The van der Waals surface area contributed by atoms with E-state index in [0.717, 1.165) is 24.8 Å². The lowest BCUT2D eigenvalue weighted by Gasteiger charge is -2.58. The minimum atomic E-state index is -0.898. The van der Waals surface area contributed by atoms with Crippen molar-refractivity contribution in [1.82, 2.24) is 0 Å². The summed E-state index contributed by atoms with van der Waals surface area (Å²) in [5, 5.41) is 21.8. The van der Waals surface area contributed by atoms with Gasteiger partial charge in [0.2, 0.25) is 0 Å². The van der Waals surface area contributed by atoms with Gasteiger partial charge in [-0.2, -0.15) is 0 Å². The largest absolute Gasteiger partial charge is 0.504 e. The zero-order chi connectivity index (χ0) is 20.4. The van der Waals surface area contributed by atoms with Crippen LogP contribution < -0.4 is 0 Å². The monoisotopic (exact) mass is 388 g/mol. The Balaban J connectivity index is 1.86. The van der Waals surface area contributed by atoms with Gasteiger partial charge in [-0.1, -0.05) is 27.2 Å². The average molecular weight is 388 g/mol. The summed E-state index contributed by atoms with van der Waals surface area (Å²) in [5.41, 5.74) is 0.901. The first kappa shape index (κ1) is 19.1. The van der Waals surface area contributed by atoms with Gasteiger partial charge < -0.3 is 19.7 Å². The summed E-state index contributed by atoms with van der Waals surface area (Å²) in [6.07, 6.45) is 2.83. The molecule has 1 aromatic rings. The van der Waals surface area contributed by atoms with Gasteiger partial charge in [0.25, 0.3) is 0 Å². The fourth-order valence-corrected chi connectivity index (χ4v) is 5.82. The van der Waals surface area contributed by atoms with Crippen LogP contribution in [0.25, 0.3) is 0 Å². The molecule has 1 spiro atoms. The summed E-state index contributed by atoms with van der Waals surface area (Å²) in [6, 6.07) is 1.83. The molecule has 0 aromatic heterocycles. The van der Waals surface area contributed by atoms with E-state index < -0.39 is 17.5 Å². The molecular weight excluding hydrogens is 360 g/mol. The Labute approximate surface area is 164 Å². The highest BCUT2D eigenvalue weighted by atomic mass is 16.5. The highest BCUT2D eigenvalue weighted by Crippen LogP contribution is 2.66. The third-order valence-corrected chi connectivity index (χ3v) is 7.19. The number of benzene rings is 1. The number of phenolic OH excluding ortho intramolecular Hbond substituents is 2. The molecule has 0 radical (unpaired) electrons. The maximum Gasteiger partial charge on any atom is 0.317 e. The van der Waals surface area contributed by atoms with Crippen LogP contribution in [-0.2, 0) is 24.5 Å². The Hall–Kier alpha value is -2.24. The molecule has 1 saturated heterocycles. The van der Waals surface area contributed by atoms with E-state index in [1.54, 1.807) is 0 Å². The van der Waals surface area contributed by atoms with Crippen molar-refractivity contribution in [2.45, 2.75) is 70.8 Å². The molecule has 28 heavy (non-hydrogen) atoms. The molecule has 6 nitrogen and oxygen atoms in total. The van der Waals surface area contributed by atoms with Crippen LogP contribution in [0.1, 0.15) is 82.1 Å². The van der Waals surface area contributed by atoms with Gasteiger partial charge >= 0.3 is 11.9 Å². The summed E-state index contributed by atoms with van der Waals surface area (Å²) in [5.74, 6) is -1.34. The fraction of sp³-hybridized carbons (Fsp3) is 0.636. The summed E-state index contributed by atoms with van der Waals surface area (Å²) < 4.78 is 10.8. The van der Waals surface area contributed by atoms with Crippen molar-refractivity contribution < 1.29 is 29.3 Å². The van der Waals surface area contributed by atoms with E-state index in [0.29, 0.717) is 17.5 Å². The quantitative estimate of drug-likeness (QED) is 0.604. The van der Waals surface area contributed by atoms with Crippen LogP contribution in [0, 0.1) is 11.3 Å². The zero-order valence-corrected chi connectivity index (χ0v) is 16.9. The normalized spacial score (nSPS) is 30.8. The lowest BCUT2D eigenvalue weighted by atomic mass is 9.47. The summed E-state index contributed by atoms with van der Waals surface area (Å²) in [7, 11) is 0. The molecule has 4 aliphatic rings. The third-order valence-electron chi connectivity index (χ3n) is 7.19. The number of hydrogen-bond acceptors (Lipinski definition) is 6. The number of ether oxygens (including phenoxy) is 2. The van der Waals surface area contributed by atoms with Gasteiger partial charge in [0.1, 0.15) is 11.5 Å². The molecule has 0 unspecified atom stereocenters. The molecule has 2 fully saturated rings. The molecule has 4 atom stereocenters. The molecule has 2 aliphatic heterocycles. The van der Waals surface area contributed by atoms with Crippen LogP contribution in [0.5, 0.6) is 11.5 Å². The smallest absolute Gasteiger partial charge is 0.317 e. The second-order valence-electron chi connectivity index (χ2n) is 9.33. The van der Waals surface area contributed by atoms with E-state index in [1.165, 1.54) is 6.92 Å². The number of phenols is 2. The van der Waals surface area contributed by atoms with E-state index >= 15 is 0 Å². The number of hydrogen-bond donors (Lipinski definition) is 2. The second-order valence-corrected chi connectivity index (χ2v) is 9.33. The zero-order valence-electron chi connectivity index (χ0n) is 16.9. The van der Waals surface area contributed by atoms with Crippen LogP contribution >= 0.6 is 0 Å². The van der Waals surface area contributed by atoms with Gasteiger partial charge in [-0.15, -0.1) is 0 Å². The Morgan fingerprint density at radius 2 is 2.04 bits per heavy atom. The molecule has 2 bridgehead atoms. The maximum atomic E-state index is 13.0. The lowest BCUT2D eigenvalue weighted by Crippen LogP contribution is -2.59. The Kier molecular flexibility index (Phi) is 4.18. The minimum Gasteiger partial charge on any atom is -0.504 e. The van der Waals surface area contributed by atoms with Gasteiger partial charge in [-0.05, 0) is 36.7 Å².